The lowest BCUT2D eigenvalue weighted by molar-refractivity contribution is 0.607. The molecule has 96 valence electrons. The number of hydrogen-bond acceptors (Lipinski definition) is 2. The van der Waals surface area contributed by atoms with Crippen LogP contribution < -0.4 is 11.1 Å². The molecule has 1 aromatic carbocycles. The minimum atomic E-state index is -0.436. The van der Waals surface area contributed by atoms with Crippen LogP contribution in [0.25, 0.3) is 0 Å². The summed E-state index contributed by atoms with van der Waals surface area (Å²) in [5.41, 5.74) is 6.36. The number of hydrogen-bond donors (Lipinski definition) is 2. The Kier molecular flexibility index (Phi) is 5.12. The van der Waals surface area contributed by atoms with Gasteiger partial charge in [0.1, 0.15) is 5.82 Å². The summed E-state index contributed by atoms with van der Waals surface area (Å²) in [6.07, 6.45) is 0. The molecule has 0 aliphatic heterocycles. The van der Waals surface area contributed by atoms with Crippen molar-refractivity contribution < 1.29 is 4.39 Å². The minimum Gasteiger partial charge on any atom is -0.370 e. The predicted octanol–water partition coefficient (Wildman–Crippen LogP) is 1.76. The topological polar surface area (TPSA) is 74.2 Å². The number of nitrogens with one attached hydrogen (secondary N) is 1. The third-order valence-electron chi connectivity index (χ3n) is 2.29. The zero-order valence-electron chi connectivity index (χ0n) is 10.6. The summed E-state index contributed by atoms with van der Waals surface area (Å²) in [6, 6.07) is 6.19. The van der Waals surface area contributed by atoms with Crippen molar-refractivity contribution in [3.05, 3.63) is 35.1 Å². The smallest absolute Gasteiger partial charge is 0.188 e. The third-order valence-corrected chi connectivity index (χ3v) is 2.29. The van der Waals surface area contributed by atoms with E-state index in [1.807, 2.05) is 6.07 Å². The average Bonchev–Trinajstić information content (AvgIpc) is 2.34. The SMILES string of the molecule is CC(C)CNC(N)=NCc1ccc(C#N)cc1F. The summed E-state index contributed by atoms with van der Waals surface area (Å²) in [6.45, 7) is 5.00. The van der Waals surface area contributed by atoms with Gasteiger partial charge in [0, 0.05) is 12.1 Å². The molecule has 0 aromatic heterocycles. The molecule has 0 atom stereocenters. The second-order valence-electron chi connectivity index (χ2n) is 4.39. The summed E-state index contributed by atoms with van der Waals surface area (Å²) < 4.78 is 13.5. The van der Waals surface area contributed by atoms with E-state index in [9.17, 15) is 4.39 Å². The van der Waals surface area contributed by atoms with Gasteiger partial charge in [-0.1, -0.05) is 19.9 Å². The lowest BCUT2D eigenvalue weighted by atomic mass is 10.1. The van der Waals surface area contributed by atoms with Crippen LogP contribution in [-0.2, 0) is 6.54 Å². The summed E-state index contributed by atoms with van der Waals surface area (Å²) >= 11 is 0. The van der Waals surface area contributed by atoms with E-state index < -0.39 is 5.82 Å². The van der Waals surface area contributed by atoms with Crippen molar-refractivity contribution >= 4 is 5.96 Å². The van der Waals surface area contributed by atoms with Crippen molar-refractivity contribution in [2.45, 2.75) is 20.4 Å². The first-order valence-corrected chi connectivity index (χ1v) is 5.75. The number of nitrogens with two attached hydrogens (primary N) is 1. The van der Waals surface area contributed by atoms with Crippen molar-refractivity contribution in [2.75, 3.05) is 6.54 Å². The lowest BCUT2D eigenvalue weighted by Gasteiger charge is -2.08. The van der Waals surface area contributed by atoms with Crippen molar-refractivity contribution in [2.24, 2.45) is 16.6 Å². The normalized spacial score (nSPS) is 11.4. The number of guanidine groups is 1. The van der Waals surface area contributed by atoms with Gasteiger partial charge in [-0.2, -0.15) is 5.26 Å². The number of aliphatic imine (C=N–C) groups is 1. The maximum atomic E-state index is 13.5. The standard InChI is InChI=1S/C13H17FN4/c1-9(2)7-17-13(16)18-8-11-4-3-10(6-15)5-12(11)14/h3-5,9H,7-8H2,1-2H3,(H3,16,17,18). The highest BCUT2D eigenvalue weighted by atomic mass is 19.1. The zero-order chi connectivity index (χ0) is 13.5. The molecule has 0 spiro atoms. The fourth-order valence-electron chi connectivity index (χ4n) is 1.28. The Hall–Kier alpha value is -2.09. The molecule has 0 aliphatic carbocycles. The molecule has 0 amide bonds. The van der Waals surface area contributed by atoms with Gasteiger partial charge in [0.2, 0.25) is 0 Å². The number of nitrogens with zero attached hydrogens (tertiary/aromatic N) is 2. The van der Waals surface area contributed by atoms with Crippen LogP contribution in [0.15, 0.2) is 23.2 Å². The molecule has 18 heavy (non-hydrogen) atoms. The second kappa shape index (κ2) is 6.60. The molecular formula is C13H17FN4. The summed E-state index contributed by atoms with van der Waals surface area (Å²) in [5.74, 6) is 0.326. The van der Waals surface area contributed by atoms with E-state index >= 15 is 0 Å². The molecule has 5 heteroatoms. The zero-order valence-corrected chi connectivity index (χ0v) is 10.6. The van der Waals surface area contributed by atoms with E-state index in [1.165, 1.54) is 6.07 Å². The van der Waals surface area contributed by atoms with Crippen molar-refractivity contribution in [1.29, 1.82) is 5.26 Å². The monoisotopic (exact) mass is 248 g/mol. The highest BCUT2D eigenvalue weighted by Gasteiger charge is 2.03. The molecule has 1 rings (SSSR count). The van der Waals surface area contributed by atoms with Crippen LogP contribution in [0.5, 0.6) is 0 Å². The molecule has 0 saturated heterocycles. The van der Waals surface area contributed by atoms with Crippen molar-refractivity contribution in [1.82, 2.24) is 5.32 Å². The van der Waals surface area contributed by atoms with Crippen LogP contribution in [0.4, 0.5) is 4.39 Å². The van der Waals surface area contributed by atoms with E-state index in [2.05, 4.69) is 24.2 Å². The van der Waals surface area contributed by atoms with E-state index in [1.54, 1.807) is 12.1 Å². The highest BCUT2D eigenvalue weighted by Crippen LogP contribution is 2.10. The fraction of sp³-hybridized carbons (Fsp3) is 0.385. The molecule has 1 aromatic rings. The maximum absolute atomic E-state index is 13.5. The molecule has 0 bridgehead atoms. The minimum absolute atomic E-state index is 0.161. The van der Waals surface area contributed by atoms with Gasteiger partial charge in [-0.3, -0.25) is 0 Å². The van der Waals surface area contributed by atoms with Gasteiger partial charge in [0.25, 0.3) is 0 Å². The first-order chi connectivity index (χ1) is 8.52. The van der Waals surface area contributed by atoms with Gasteiger partial charge in [-0.05, 0) is 18.1 Å². The van der Waals surface area contributed by atoms with Crippen LogP contribution in [0.2, 0.25) is 0 Å². The Bertz CT molecular complexity index is 474. The van der Waals surface area contributed by atoms with Gasteiger partial charge in [0.15, 0.2) is 5.96 Å². The van der Waals surface area contributed by atoms with E-state index in [4.69, 9.17) is 11.0 Å². The molecule has 3 N–H and O–H groups in total. The Balaban J connectivity index is 2.63. The van der Waals surface area contributed by atoms with E-state index in [-0.39, 0.29) is 6.54 Å². The molecule has 0 fully saturated rings. The number of halogens is 1. The van der Waals surface area contributed by atoms with Crippen molar-refractivity contribution in [3.8, 4) is 6.07 Å². The quantitative estimate of drug-likeness (QED) is 0.629. The number of rotatable bonds is 4. The van der Waals surface area contributed by atoms with E-state index in [0.29, 0.717) is 23.0 Å². The largest absolute Gasteiger partial charge is 0.370 e. The summed E-state index contributed by atoms with van der Waals surface area (Å²) in [7, 11) is 0. The van der Waals surface area contributed by atoms with Crippen LogP contribution in [0, 0.1) is 23.1 Å². The van der Waals surface area contributed by atoms with Crippen LogP contribution in [0.1, 0.15) is 25.0 Å². The Morgan fingerprint density at radius 1 is 1.56 bits per heavy atom. The molecule has 0 aliphatic rings. The number of nitriles is 1. The first kappa shape index (κ1) is 14.0. The van der Waals surface area contributed by atoms with Crippen LogP contribution in [-0.4, -0.2) is 12.5 Å². The molecule has 4 nitrogen and oxygen atoms in total. The third kappa shape index (κ3) is 4.42. The molecule has 0 saturated carbocycles. The second-order valence-corrected chi connectivity index (χ2v) is 4.39. The van der Waals surface area contributed by atoms with E-state index in [0.717, 1.165) is 6.54 Å². The van der Waals surface area contributed by atoms with Gasteiger partial charge in [0.05, 0.1) is 18.2 Å². The highest BCUT2D eigenvalue weighted by molar-refractivity contribution is 5.77. The van der Waals surface area contributed by atoms with Gasteiger partial charge >= 0.3 is 0 Å². The first-order valence-electron chi connectivity index (χ1n) is 5.75. The predicted molar refractivity (Wildman–Crippen MR) is 69.3 cm³/mol. The molecular weight excluding hydrogens is 231 g/mol. The lowest BCUT2D eigenvalue weighted by Crippen LogP contribution is -2.34. The molecule has 0 radical (unpaired) electrons. The Morgan fingerprint density at radius 3 is 2.83 bits per heavy atom. The van der Waals surface area contributed by atoms with Gasteiger partial charge < -0.3 is 11.1 Å². The Labute approximate surface area is 106 Å². The molecule has 0 unspecified atom stereocenters. The van der Waals surface area contributed by atoms with Crippen LogP contribution >= 0.6 is 0 Å². The molecule has 0 heterocycles. The van der Waals surface area contributed by atoms with Crippen LogP contribution in [0.3, 0.4) is 0 Å². The van der Waals surface area contributed by atoms with Gasteiger partial charge in [-0.25, -0.2) is 9.38 Å². The maximum Gasteiger partial charge on any atom is 0.188 e. The summed E-state index contributed by atoms with van der Waals surface area (Å²) in [5, 5.41) is 11.6. The fourth-order valence-corrected chi connectivity index (χ4v) is 1.28. The van der Waals surface area contributed by atoms with Crippen molar-refractivity contribution in [3.63, 3.8) is 0 Å². The number of benzene rings is 1. The summed E-state index contributed by atoms with van der Waals surface area (Å²) in [4.78, 5) is 4.04. The Morgan fingerprint density at radius 2 is 2.28 bits per heavy atom. The average molecular weight is 248 g/mol. The van der Waals surface area contributed by atoms with Gasteiger partial charge in [-0.15, -0.1) is 0 Å².